The van der Waals surface area contributed by atoms with Gasteiger partial charge in [-0.25, -0.2) is 13.8 Å². The zero-order valence-corrected chi connectivity index (χ0v) is 18.9. The van der Waals surface area contributed by atoms with Crippen LogP contribution in [0.2, 0.25) is 0 Å². The van der Waals surface area contributed by atoms with E-state index in [-0.39, 0.29) is 47.6 Å². The van der Waals surface area contributed by atoms with Crippen LogP contribution in [-0.2, 0) is 16.7 Å². The van der Waals surface area contributed by atoms with Gasteiger partial charge in [0.15, 0.2) is 5.96 Å². The van der Waals surface area contributed by atoms with E-state index in [1.165, 1.54) is 18.2 Å². The monoisotopic (exact) mass is 515 g/mol. The number of rotatable bonds is 6. The van der Waals surface area contributed by atoms with E-state index in [1.54, 1.807) is 18.2 Å². The van der Waals surface area contributed by atoms with Gasteiger partial charge in [-0.05, 0) is 43.5 Å². The molecule has 2 aromatic rings. The number of aliphatic imine (C=N–C) groups is 1. The molecule has 1 aliphatic rings. The number of hydrogen-bond donors (Lipinski definition) is 2. The highest BCUT2D eigenvalue weighted by Crippen LogP contribution is 2.34. The summed E-state index contributed by atoms with van der Waals surface area (Å²) < 4.78 is 32.8. The Labute approximate surface area is 188 Å². The number of halogens is 3. The summed E-state index contributed by atoms with van der Waals surface area (Å²) in [5.74, 6) is 0.145. The molecule has 0 amide bonds. The van der Waals surface area contributed by atoms with E-state index < -0.39 is 0 Å². The Kier molecular flexibility index (Phi) is 9.29. The molecule has 3 rings (SSSR count). The molecular formula is C22H28F2IN3O. The maximum Gasteiger partial charge on any atom is 0.191 e. The van der Waals surface area contributed by atoms with E-state index in [4.69, 9.17) is 4.74 Å². The third-order valence-electron chi connectivity index (χ3n) is 5.21. The van der Waals surface area contributed by atoms with Gasteiger partial charge in [-0.3, -0.25) is 0 Å². The molecule has 158 valence electrons. The largest absolute Gasteiger partial charge is 0.381 e. The highest BCUT2D eigenvalue weighted by Gasteiger charge is 2.34. The molecule has 1 heterocycles. The summed E-state index contributed by atoms with van der Waals surface area (Å²) in [4.78, 5) is 4.53. The summed E-state index contributed by atoms with van der Waals surface area (Å²) in [7, 11) is 0. The Balaban J connectivity index is 0.00000300. The minimum Gasteiger partial charge on any atom is -0.381 e. The standard InChI is InChI=1S/C22H27F2N3O.HI/c1-2-25-21(26-15-17-5-3-4-6-20(17)24)27-16-22(11-13-28-14-12-22)18-7-9-19(23)10-8-18;/h3-10H,2,11-16H2,1H3,(H2,25,26,27);1H. The van der Waals surface area contributed by atoms with Crippen molar-refractivity contribution >= 4 is 29.9 Å². The molecule has 1 saturated heterocycles. The van der Waals surface area contributed by atoms with Gasteiger partial charge in [-0.15, -0.1) is 24.0 Å². The van der Waals surface area contributed by atoms with Crippen molar-refractivity contribution in [3.8, 4) is 0 Å². The molecule has 2 aromatic carbocycles. The maximum absolute atomic E-state index is 13.9. The molecule has 0 saturated carbocycles. The van der Waals surface area contributed by atoms with Crippen molar-refractivity contribution in [1.29, 1.82) is 0 Å². The second-order valence-corrected chi connectivity index (χ2v) is 7.04. The molecule has 7 heteroatoms. The predicted molar refractivity (Wildman–Crippen MR) is 123 cm³/mol. The van der Waals surface area contributed by atoms with E-state index >= 15 is 0 Å². The van der Waals surface area contributed by atoms with Gasteiger partial charge in [-0.2, -0.15) is 0 Å². The van der Waals surface area contributed by atoms with Gasteiger partial charge in [-0.1, -0.05) is 30.3 Å². The lowest BCUT2D eigenvalue weighted by Gasteiger charge is -2.38. The Bertz CT molecular complexity index is 793. The molecule has 0 spiro atoms. The van der Waals surface area contributed by atoms with Crippen molar-refractivity contribution in [2.45, 2.75) is 31.7 Å². The Morgan fingerprint density at radius 1 is 1.03 bits per heavy atom. The van der Waals surface area contributed by atoms with Crippen LogP contribution in [0.25, 0.3) is 0 Å². The summed E-state index contributed by atoms with van der Waals surface area (Å²) in [6, 6.07) is 13.4. The molecule has 4 nitrogen and oxygen atoms in total. The SMILES string of the molecule is CCNC(=NCc1ccccc1F)NCC1(c2ccc(F)cc2)CCOCC1.I. The smallest absolute Gasteiger partial charge is 0.191 e. The van der Waals surface area contributed by atoms with Crippen molar-refractivity contribution in [2.75, 3.05) is 26.3 Å². The first-order valence-electron chi connectivity index (χ1n) is 9.72. The fourth-order valence-corrected chi connectivity index (χ4v) is 3.52. The van der Waals surface area contributed by atoms with Crippen molar-refractivity contribution in [3.05, 3.63) is 71.3 Å². The molecule has 0 unspecified atom stereocenters. The van der Waals surface area contributed by atoms with Crippen LogP contribution < -0.4 is 10.6 Å². The number of nitrogens with one attached hydrogen (secondary N) is 2. The summed E-state index contributed by atoms with van der Waals surface area (Å²) in [5, 5.41) is 6.62. The second-order valence-electron chi connectivity index (χ2n) is 7.04. The van der Waals surface area contributed by atoms with Crippen LogP contribution in [0.15, 0.2) is 53.5 Å². The first-order chi connectivity index (χ1) is 13.6. The second kappa shape index (κ2) is 11.4. The summed E-state index contributed by atoms with van der Waals surface area (Å²) in [6.45, 7) is 4.93. The van der Waals surface area contributed by atoms with Gasteiger partial charge >= 0.3 is 0 Å². The summed E-state index contributed by atoms with van der Waals surface area (Å²) in [6.07, 6.45) is 1.69. The zero-order valence-electron chi connectivity index (χ0n) is 16.6. The summed E-state index contributed by atoms with van der Waals surface area (Å²) >= 11 is 0. The normalized spacial score (nSPS) is 16.0. The number of nitrogens with zero attached hydrogens (tertiary/aromatic N) is 1. The first-order valence-corrected chi connectivity index (χ1v) is 9.72. The van der Waals surface area contributed by atoms with Gasteiger partial charge in [0.2, 0.25) is 0 Å². The Hall–Kier alpha value is -1.74. The van der Waals surface area contributed by atoms with Gasteiger partial charge in [0.05, 0.1) is 6.54 Å². The van der Waals surface area contributed by atoms with Gasteiger partial charge in [0, 0.05) is 37.3 Å². The minimum absolute atomic E-state index is 0. The van der Waals surface area contributed by atoms with Gasteiger partial charge in [0.25, 0.3) is 0 Å². The van der Waals surface area contributed by atoms with E-state index in [0.29, 0.717) is 37.8 Å². The van der Waals surface area contributed by atoms with Gasteiger partial charge in [0.1, 0.15) is 11.6 Å². The van der Waals surface area contributed by atoms with Crippen LogP contribution in [0.1, 0.15) is 30.9 Å². The van der Waals surface area contributed by atoms with E-state index in [2.05, 4.69) is 15.6 Å². The first kappa shape index (κ1) is 23.5. The maximum atomic E-state index is 13.9. The highest BCUT2D eigenvalue weighted by atomic mass is 127. The number of hydrogen-bond acceptors (Lipinski definition) is 2. The molecule has 0 aliphatic carbocycles. The van der Waals surface area contributed by atoms with Crippen LogP contribution in [-0.4, -0.2) is 32.3 Å². The zero-order chi connectivity index (χ0) is 19.8. The van der Waals surface area contributed by atoms with Crippen molar-refractivity contribution in [3.63, 3.8) is 0 Å². The lowest BCUT2D eigenvalue weighted by Crippen LogP contribution is -2.48. The molecule has 1 fully saturated rings. The van der Waals surface area contributed by atoms with E-state index in [1.807, 2.05) is 19.1 Å². The van der Waals surface area contributed by atoms with Crippen molar-refractivity contribution in [1.82, 2.24) is 10.6 Å². The summed E-state index contributed by atoms with van der Waals surface area (Å²) in [5.41, 5.74) is 1.49. The average Bonchev–Trinajstić information content (AvgIpc) is 2.72. The Morgan fingerprint density at radius 2 is 1.72 bits per heavy atom. The van der Waals surface area contributed by atoms with Crippen LogP contribution in [0, 0.1) is 11.6 Å². The van der Waals surface area contributed by atoms with Crippen LogP contribution >= 0.6 is 24.0 Å². The number of guanidine groups is 1. The number of benzene rings is 2. The lowest BCUT2D eigenvalue weighted by atomic mass is 9.74. The lowest BCUT2D eigenvalue weighted by molar-refractivity contribution is 0.0513. The van der Waals surface area contributed by atoms with Crippen LogP contribution in [0.3, 0.4) is 0 Å². The van der Waals surface area contributed by atoms with Crippen LogP contribution in [0.4, 0.5) is 8.78 Å². The molecule has 1 aliphatic heterocycles. The molecule has 0 atom stereocenters. The fraction of sp³-hybridized carbons (Fsp3) is 0.409. The van der Waals surface area contributed by atoms with Crippen molar-refractivity contribution < 1.29 is 13.5 Å². The minimum atomic E-state index is -0.255. The molecule has 29 heavy (non-hydrogen) atoms. The highest BCUT2D eigenvalue weighted by molar-refractivity contribution is 14.0. The van der Waals surface area contributed by atoms with Gasteiger partial charge < -0.3 is 15.4 Å². The molecule has 0 bridgehead atoms. The molecular weight excluding hydrogens is 487 g/mol. The van der Waals surface area contributed by atoms with E-state index in [0.717, 1.165) is 18.4 Å². The number of ether oxygens (including phenoxy) is 1. The molecule has 2 N–H and O–H groups in total. The quantitative estimate of drug-likeness (QED) is 0.341. The molecule has 0 aromatic heterocycles. The van der Waals surface area contributed by atoms with Crippen LogP contribution in [0.5, 0.6) is 0 Å². The molecule has 0 radical (unpaired) electrons. The van der Waals surface area contributed by atoms with Crippen molar-refractivity contribution in [2.24, 2.45) is 4.99 Å². The Morgan fingerprint density at radius 3 is 2.38 bits per heavy atom. The predicted octanol–water partition coefficient (Wildman–Crippen LogP) is 4.39. The fourth-order valence-electron chi connectivity index (χ4n) is 3.52. The average molecular weight is 515 g/mol. The third-order valence-corrected chi connectivity index (χ3v) is 5.21. The topological polar surface area (TPSA) is 45.7 Å². The third kappa shape index (κ3) is 6.37. The van der Waals surface area contributed by atoms with E-state index in [9.17, 15) is 8.78 Å².